The summed E-state index contributed by atoms with van der Waals surface area (Å²) in [6.07, 6.45) is 0.813. The van der Waals surface area contributed by atoms with Crippen molar-refractivity contribution in [1.82, 2.24) is 15.8 Å². The van der Waals surface area contributed by atoms with Gasteiger partial charge in [0, 0.05) is 43.2 Å². The summed E-state index contributed by atoms with van der Waals surface area (Å²) in [6, 6.07) is 16.3. The summed E-state index contributed by atoms with van der Waals surface area (Å²) >= 11 is 0. The number of nitrogens with zero attached hydrogens (tertiary/aromatic N) is 2. The van der Waals surface area contributed by atoms with E-state index in [0.717, 1.165) is 41.9 Å². The molecule has 2 amide bonds. The molecule has 0 spiro atoms. The number of aromatic nitrogens is 1. The van der Waals surface area contributed by atoms with Crippen LogP contribution in [0.2, 0.25) is 0 Å². The lowest BCUT2D eigenvalue weighted by molar-refractivity contribution is 0.252. The van der Waals surface area contributed by atoms with Gasteiger partial charge in [-0.25, -0.2) is 4.79 Å². The number of rotatable bonds is 6. The fourth-order valence-electron chi connectivity index (χ4n) is 3.30. The second-order valence-corrected chi connectivity index (χ2v) is 6.53. The average molecular weight is 350 g/mol. The van der Waals surface area contributed by atoms with Crippen molar-refractivity contribution in [1.29, 1.82) is 0 Å². The number of carbonyl (C=O) groups excluding carboxylic acids is 1. The Morgan fingerprint density at radius 3 is 2.81 bits per heavy atom. The van der Waals surface area contributed by atoms with Gasteiger partial charge in [0.05, 0.1) is 5.69 Å². The molecule has 1 aliphatic rings. The van der Waals surface area contributed by atoms with E-state index < -0.39 is 0 Å². The van der Waals surface area contributed by atoms with Gasteiger partial charge in [-0.05, 0) is 36.8 Å². The number of anilines is 1. The molecule has 1 fully saturated rings. The molecule has 2 heterocycles. The number of para-hydroxylation sites is 1. The maximum absolute atomic E-state index is 11.7. The van der Waals surface area contributed by atoms with Crippen LogP contribution in [0.15, 0.2) is 53.1 Å². The SMILES string of the molecule is CC(NCCc1noc2ccccc12)c1ccc(N2CCNC2=O)cc1. The van der Waals surface area contributed by atoms with Crippen LogP contribution in [0.1, 0.15) is 24.2 Å². The highest BCUT2D eigenvalue weighted by atomic mass is 16.5. The fourth-order valence-corrected chi connectivity index (χ4v) is 3.30. The van der Waals surface area contributed by atoms with Gasteiger partial charge in [0.1, 0.15) is 0 Å². The average Bonchev–Trinajstić information content (AvgIpc) is 3.28. The normalized spacial score (nSPS) is 15.4. The minimum absolute atomic E-state index is 0.0243. The zero-order chi connectivity index (χ0) is 17.9. The van der Waals surface area contributed by atoms with E-state index in [0.29, 0.717) is 6.54 Å². The van der Waals surface area contributed by atoms with Gasteiger partial charge in [-0.3, -0.25) is 4.90 Å². The molecular weight excluding hydrogens is 328 g/mol. The van der Waals surface area contributed by atoms with Crippen molar-refractivity contribution in [3.05, 3.63) is 59.8 Å². The van der Waals surface area contributed by atoms with Crippen molar-refractivity contribution in [2.45, 2.75) is 19.4 Å². The monoisotopic (exact) mass is 350 g/mol. The van der Waals surface area contributed by atoms with E-state index in [1.807, 2.05) is 36.4 Å². The molecule has 6 heteroatoms. The van der Waals surface area contributed by atoms with Crippen molar-refractivity contribution in [2.24, 2.45) is 0 Å². The van der Waals surface area contributed by atoms with E-state index in [-0.39, 0.29) is 12.1 Å². The number of hydrogen-bond acceptors (Lipinski definition) is 4. The summed E-state index contributed by atoms with van der Waals surface area (Å²) in [5, 5.41) is 11.6. The lowest BCUT2D eigenvalue weighted by Crippen LogP contribution is -2.27. The Kier molecular flexibility index (Phi) is 4.58. The fraction of sp³-hybridized carbons (Fsp3) is 0.300. The van der Waals surface area contributed by atoms with Crippen LogP contribution in [0.3, 0.4) is 0 Å². The molecule has 0 radical (unpaired) electrons. The van der Waals surface area contributed by atoms with Crippen LogP contribution >= 0.6 is 0 Å². The maximum atomic E-state index is 11.7. The van der Waals surface area contributed by atoms with Gasteiger partial charge >= 0.3 is 6.03 Å². The van der Waals surface area contributed by atoms with Crippen LogP contribution in [-0.4, -0.2) is 30.8 Å². The quantitative estimate of drug-likeness (QED) is 0.716. The van der Waals surface area contributed by atoms with E-state index in [1.165, 1.54) is 5.56 Å². The molecule has 26 heavy (non-hydrogen) atoms. The van der Waals surface area contributed by atoms with Crippen molar-refractivity contribution < 1.29 is 9.32 Å². The summed E-state index contributed by atoms with van der Waals surface area (Å²) in [7, 11) is 0. The second kappa shape index (κ2) is 7.17. The Bertz CT molecular complexity index is 904. The van der Waals surface area contributed by atoms with Crippen LogP contribution in [0, 0.1) is 0 Å². The third-order valence-electron chi connectivity index (χ3n) is 4.83. The molecule has 0 saturated carbocycles. The Morgan fingerprint density at radius 2 is 2.04 bits per heavy atom. The Morgan fingerprint density at radius 1 is 1.23 bits per heavy atom. The van der Waals surface area contributed by atoms with E-state index in [2.05, 4.69) is 34.8 Å². The predicted octanol–water partition coefficient (Wildman–Crippen LogP) is 3.25. The van der Waals surface area contributed by atoms with E-state index in [1.54, 1.807) is 4.90 Å². The summed E-state index contributed by atoms with van der Waals surface area (Å²) in [5.74, 6) is 0. The topological polar surface area (TPSA) is 70.4 Å². The third kappa shape index (κ3) is 3.28. The molecule has 1 aliphatic heterocycles. The van der Waals surface area contributed by atoms with Crippen molar-refractivity contribution >= 4 is 22.7 Å². The van der Waals surface area contributed by atoms with Crippen LogP contribution in [-0.2, 0) is 6.42 Å². The molecule has 1 unspecified atom stereocenters. The number of urea groups is 1. The number of amides is 2. The Hall–Kier alpha value is -2.86. The molecule has 1 aromatic heterocycles. The van der Waals surface area contributed by atoms with Crippen LogP contribution in [0.4, 0.5) is 10.5 Å². The number of hydrogen-bond donors (Lipinski definition) is 2. The lowest BCUT2D eigenvalue weighted by atomic mass is 10.1. The number of nitrogens with one attached hydrogen (secondary N) is 2. The maximum Gasteiger partial charge on any atom is 0.321 e. The molecule has 134 valence electrons. The summed E-state index contributed by atoms with van der Waals surface area (Å²) in [5.41, 5.74) is 3.94. The zero-order valence-corrected chi connectivity index (χ0v) is 14.7. The summed E-state index contributed by atoms with van der Waals surface area (Å²) < 4.78 is 5.35. The van der Waals surface area contributed by atoms with Gasteiger partial charge < -0.3 is 15.2 Å². The van der Waals surface area contributed by atoms with E-state index in [4.69, 9.17) is 4.52 Å². The predicted molar refractivity (Wildman–Crippen MR) is 101 cm³/mol. The molecule has 0 aliphatic carbocycles. The molecule has 3 aromatic rings. The van der Waals surface area contributed by atoms with Gasteiger partial charge in [-0.2, -0.15) is 0 Å². The zero-order valence-electron chi connectivity index (χ0n) is 14.7. The smallest absolute Gasteiger partial charge is 0.321 e. The minimum atomic E-state index is -0.0243. The van der Waals surface area contributed by atoms with E-state index in [9.17, 15) is 4.79 Å². The van der Waals surface area contributed by atoms with Crippen LogP contribution in [0.5, 0.6) is 0 Å². The highest BCUT2D eigenvalue weighted by molar-refractivity contribution is 5.94. The molecule has 1 atom stereocenters. The van der Waals surface area contributed by atoms with Crippen molar-refractivity contribution in [3.63, 3.8) is 0 Å². The highest BCUT2D eigenvalue weighted by Gasteiger charge is 2.21. The largest absolute Gasteiger partial charge is 0.356 e. The molecule has 1 saturated heterocycles. The molecule has 0 bridgehead atoms. The molecule has 2 N–H and O–H groups in total. The number of fused-ring (bicyclic) bond motifs is 1. The second-order valence-electron chi connectivity index (χ2n) is 6.53. The summed E-state index contributed by atoms with van der Waals surface area (Å²) in [6.45, 7) is 4.37. The standard InChI is InChI=1S/C20H22N4O2/c1-14(15-6-8-16(9-7-15)24-13-12-22-20(24)25)21-11-10-18-17-4-2-3-5-19(17)26-23-18/h2-9,14,21H,10-13H2,1H3,(H,22,25). The highest BCUT2D eigenvalue weighted by Crippen LogP contribution is 2.21. The van der Waals surface area contributed by atoms with E-state index >= 15 is 0 Å². The Labute approximate surface area is 152 Å². The third-order valence-corrected chi connectivity index (χ3v) is 4.83. The molecular formula is C20H22N4O2. The first-order valence-electron chi connectivity index (χ1n) is 8.94. The van der Waals surface area contributed by atoms with Gasteiger partial charge in [0.15, 0.2) is 5.58 Å². The first-order valence-corrected chi connectivity index (χ1v) is 8.94. The molecule has 2 aromatic carbocycles. The van der Waals surface area contributed by atoms with Crippen LogP contribution < -0.4 is 15.5 Å². The first kappa shape index (κ1) is 16.6. The van der Waals surface area contributed by atoms with Gasteiger partial charge in [-0.1, -0.05) is 29.4 Å². The lowest BCUT2D eigenvalue weighted by Gasteiger charge is -2.17. The first-order chi connectivity index (χ1) is 12.7. The summed E-state index contributed by atoms with van der Waals surface area (Å²) in [4.78, 5) is 13.5. The number of carbonyl (C=O) groups is 1. The minimum Gasteiger partial charge on any atom is -0.356 e. The van der Waals surface area contributed by atoms with Gasteiger partial charge in [0.25, 0.3) is 0 Å². The van der Waals surface area contributed by atoms with Crippen LogP contribution in [0.25, 0.3) is 11.0 Å². The van der Waals surface area contributed by atoms with Gasteiger partial charge in [0.2, 0.25) is 0 Å². The Balaban J connectivity index is 1.34. The number of benzene rings is 2. The van der Waals surface area contributed by atoms with Gasteiger partial charge in [-0.15, -0.1) is 0 Å². The molecule has 6 nitrogen and oxygen atoms in total. The van der Waals surface area contributed by atoms with Crippen molar-refractivity contribution in [2.75, 3.05) is 24.5 Å². The van der Waals surface area contributed by atoms with Crippen molar-refractivity contribution in [3.8, 4) is 0 Å². The molecule has 4 rings (SSSR count).